The van der Waals surface area contributed by atoms with Gasteiger partial charge in [-0.15, -0.1) is 0 Å². The van der Waals surface area contributed by atoms with E-state index < -0.39 is 24.0 Å². The van der Waals surface area contributed by atoms with E-state index in [9.17, 15) is 9.18 Å². The number of aromatic nitrogens is 1. The lowest BCUT2D eigenvalue weighted by Gasteiger charge is -2.32. The van der Waals surface area contributed by atoms with Gasteiger partial charge in [0.2, 0.25) is 0 Å². The highest BCUT2D eigenvalue weighted by atomic mass is 19.1. The summed E-state index contributed by atoms with van der Waals surface area (Å²) in [5.41, 5.74) is -0.283. The van der Waals surface area contributed by atoms with Crippen molar-refractivity contribution in [1.29, 1.82) is 0 Å². The normalized spacial score (nSPS) is 19.0. The van der Waals surface area contributed by atoms with Gasteiger partial charge in [0.15, 0.2) is 0 Å². The van der Waals surface area contributed by atoms with E-state index in [4.69, 9.17) is 9.31 Å². The molecule has 26 heavy (non-hydrogen) atoms. The van der Waals surface area contributed by atoms with Crippen molar-refractivity contribution in [3.63, 3.8) is 0 Å². The number of pyridine rings is 1. The third-order valence-corrected chi connectivity index (χ3v) is 4.99. The molecule has 3 rings (SSSR count). The fraction of sp³-hybridized carbons (Fsp3) is 0.350. The van der Waals surface area contributed by atoms with Gasteiger partial charge in [0.1, 0.15) is 5.73 Å². The molecule has 0 radical (unpaired) electrons. The highest BCUT2D eigenvalue weighted by molar-refractivity contribution is 6.54. The fourth-order valence-corrected chi connectivity index (χ4v) is 2.72. The minimum absolute atomic E-state index is 0.137. The molecular weight excluding hydrogens is 332 g/mol. The largest absolute Gasteiger partial charge is 0.525 e. The first-order valence-electron chi connectivity index (χ1n) is 8.65. The van der Waals surface area contributed by atoms with Gasteiger partial charge in [-0.3, -0.25) is 4.79 Å². The molecule has 2 heterocycles. The Bertz CT molecular complexity index is 858. The Morgan fingerprint density at radius 2 is 1.69 bits per heavy atom. The molecule has 0 unspecified atom stereocenters. The van der Waals surface area contributed by atoms with Gasteiger partial charge in [0.25, 0.3) is 5.56 Å². The summed E-state index contributed by atoms with van der Waals surface area (Å²) in [5, 5.41) is 0. The van der Waals surface area contributed by atoms with Gasteiger partial charge in [-0.2, -0.15) is 0 Å². The van der Waals surface area contributed by atoms with Gasteiger partial charge in [0, 0.05) is 12.3 Å². The third-order valence-electron chi connectivity index (χ3n) is 4.99. The van der Waals surface area contributed by atoms with Crippen LogP contribution in [0, 0.1) is 0 Å². The summed E-state index contributed by atoms with van der Waals surface area (Å²) < 4.78 is 27.6. The van der Waals surface area contributed by atoms with Crippen LogP contribution < -0.4 is 5.56 Å². The lowest BCUT2D eigenvalue weighted by molar-refractivity contribution is 0.00578. The predicted molar refractivity (Wildman–Crippen MR) is 101 cm³/mol. The van der Waals surface area contributed by atoms with Crippen molar-refractivity contribution < 1.29 is 13.7 Å². The molecule has 0 N–H and O–H groups in total. The number of nitrogens with zero attached hydrogens (tertiary/aromatic N) is 1. The van der Waals surface area contributed by atoms with Gasteiger partial charge in [-0.1, -0.05) is 30.3 Å². The molecule has 136 valence electrons. The highest BCUT2D eigenvalue weighted by Gasteiger charge is 2.53. The van der Waals surface area contributed by atoms with Crippen LogP contribution >= 0.6 is 0 Å². The second-order valence-corrected chi connectivity index (χ2v) is 7.53. The van der Waals surface area contributed by atoms with Crippen LogP contribution in [0.25, 0.3) is 6.08 Å². The number of halogens is 1. The molecule has 0 atom stereocenters. The summed E-state index contributed by atoms with van der Waals surface area (Å²) in [7, 11) is -1.05. The first kappa shape index (κ1) is 18.6. The van der Waals surface area contributed by atoms with E-state index in [1.54, 1.807) is 16.8 Å². The molecule has 1 saturated heterocycles. The zero-order valence-electron chi connectivity index (χ0n) is 15.5. The molecule has 0 spiro atoms. The minimum atomic E-state index is -1.05. The summed E-state index contributed by atoms with van der Waals surface area (Å²) >= 11 is 0. The van der Waals surface area contributed by atoms with Gasteiger partial charge < -0.3 is 13.9 Å². The summed E-state index contributed by atoms with van der Waals surface area (Å²) in [6.45, 7) is 7.93. The highest BCUT2D eigenvalue weighted by Crippen LogP contribution is 2.39. The topological polar surface area (TPSA) is 40.5 Å². The van der Waals surface area contributed by atoms with Crippen molar-refractivity contribution >= 4 is 13.2 Å². The number of hydrogen-bond acceptors (Lipinski definition) is 3. The molecule has 1 fully saturated rings. The van der Waals surface area contributed by atoms with Crippen LogP contribution in [0.1, 0.15) is 38.8 Å². The summed E-state index contributed by atoms with van der Waals surface area (Å²) in [5.74, 6) is 0. The maximum atomic E-state index is 14.7. The molecular formula is C20H23BFNO3. The van der Waals surface area contributed by atoms with Crippen molar-refractivity contribution in [2.75, 3.05) is 0 Å². The van der Waals surface area contributed by atoms with Crippen molar-refractivity contribution in [2.45, 2.75) is 45.4 Å². The number of hydrogen-bond donors (Lipinski definition) is 0. The van der Waals surface area contributed by atoms with Gasteiger partial charge >= 0.3 is 7.12 Å². The Hall–Kier alpha value is -2.18. The summed E-state index contributed by atoms with van der Waals surface area (Å²) in [6, 6.07) is 12.7. The molecule has 0 aliphatic carbocycles. The molecule has 1 aromatic heterocycles. The van der Waals surface area contributed by atoms with Crippen LogP contribution in [0.5, 0.6) is 0 Å². The molecule has 0 saturated carbocycles. The zero-order valence-corrected chi connectivity index (χ0v) is 15.5. The Morgan fingerprint density at radius 1 is 1.08 bits per heavy atom. The Labute approximate surface area is 153 Å². The molecule has 1 aliphatic rings. The lowest BCUT2D eigenvalue weighted by Crippen LogP contribution is -2.41. The smallest absolute Gasteiger partial charge is 0.398 e. The van der Waals surface area contributed by atoms with E-state index >= 15 is 0 Å². The standard InChI is InChI=1S/C20H23BFNO3/c1-19(2)20(3,4)26-21(25-19)17(22)12-16-10-11-18(24)23(14-16)13-15-8-6-5-7-9-15/h5-12,14H,13H2,1-4H3. The molecule has 1 aromatic carbocycles. The van der Waals surface area contributed by atoms with Gasteiger partial charge in [-0.25, -0.2) is 4.39 Å². The van der Waals surface area contributed by atoms with E-state index in [0.29, 0.717) is 12.1 Å². The van der Waals surface area contributed by atoms with E-state index in [1.807, 2.05) is 58.0 Å². The summed E-state index contributed by atoms with van der Waals surface area (Å²) in [6.07, 6.45) is 2.99. The zero-order chi connectivity index (χ0) is 18.9. The SMILES string of the molecule is CC1(C)OB(C(F)=Cc2ccc(=O)n(Cc3ccccc3)c2)OC1(C)C. The van der Waals surface area contributed by atoms with E-state index in [0.717, 1.165) is 5.56 Å². The van der Waals surface area contributed by atoms with E-state index in [2.05, 4.69) is 0 Å². The first-order valence-corrected chi connectivity index (χ1v) is 8.65. The monoisotopic (exact) mass is 355 g/mol. The second-order valence-electron chi connectivity index (χ2n) is 7.53. The maximum Gasteiger partial charge on any atom is 0.525 e. The Balaban J connectivity index is 1.83. The molecule has 4 nitrogen and oxygen atoms in total. The van der Waals surface area contributed by atoms with Crippen molar-refractivity contribution in [3.8, 4) is 0 Å². The van der Waals surface area contributed by atoms with Gasteiger partial charge in [-0.05, 0) is 51.0 Å². The van der Waals surface area contributed by atoms with Crippen LogP contribution in [0.4, 0.5) is 4.39 Å². The minimum Gasteiger partial charge on any atom is -0.398 e. The quantitative estimate of drug-likeness (QED) is 0.783. The number of benzene rings is 1. The lowest BCUT2D eigenvalue weighted by atomic mass is 9.87. The van der Waals surface area contributed by atoms with Crippen LogP contribution in [0.15, 0.2) is 59.2 Å². The molecule has 0 bridgehead atoms. The van der Waals surface area contributed by atoms with Crippen molar-refractivity contribution in [1.82, 2.24) is 4.57 Å². The summed E-state index contributed by atoms with van der Waals surface area (Å²) in [4.78, 5) is 12.1. The van der Waals surface area contributed by atoms with E-state index in [-0.39, 0.29) is 5.56 Å². The van der Waals surface area contributed by atoms with Crippen LogP contribution in [0.2, 0.25) is 0 Å². The van der Waals surface area contributed by atoms with E-state index in [1.165, 1.54) is 12.1 Å². The molecule has 1 aliphatic heterocycles. The Kier molecular flexibility index (Phi) is 4.91. The number of rotatable bonds is 4. The van der Waals surface area contributed by atoms with Crippen LogP contribution in [-0.4, -0.2) is 22.9 Å². The third kappa shape index (κ3) is 3.81. The predicted octanol–water partition coefficient (Wildman–Crippen LogP) is 3.84. The average molecular weight is 355 g/mol. The average Bonchev–Trinajstić information content (AvgIpc) is 2.80. The molecule has 0 amide bonds. The first-order chi connectivity index (χ1) is 12.2. The molecule has 6 heteroatoms. The maximum absolute atomic E-state index is 14.7. The molecule has 2 aromatic rings. The van der Waals surface area contributed by atoms with Gasteiger partial charge in [0.05, 0.1) is 17.7 Å². The Morgan fingerprint density at radius 3 is 2.31 bits per heavy atom. The van der Waals surface area contributed by atoms with Crippen LogP contribution in [0.3, 0.4) is 0 Å². The van der Waals surface area contributed by atoms with Crippen molar-refractivity contribution in [3.05, 3.63) is 75.9 Å². The van der Waals surface area contributed by atoms with Crippen molar-refractivity contribution in [2.24, 2.45) is 0 Å². The van der Waals surface area contributed by atoms with Crippen LogP contribution in [-0.2, 0) is 15.9 Å². The fourth-order valence-electron chi connectivity index (χ4n) is 2.72. The second kappa shape index (κ2) is 6.85.